The summed E-state index contributed by atoms with van der Waals surface area (Å²) in [6, 6.07) is 14.6. The van der Waals surface area contributed by atoms with Gasteiger partial charge >= 0.3 is 0 Å². The van der Waals surface area contributed by atoms with Crippen LogP contribution < -0.4 is 5.32 Å². The molecule has 0 unspecified atom stereocenters. The maximum Gasteiger partial charge on any atom is 0.173 e. The van der Waals surface area contributed by atoms with Crippen LogP contribution in [-0.2, 0) is 13.1 Å². The van der Waals surface area contributed by atoms with Crippen molar-refractivity contribution < 1.29 is 0 Å². The number of para-hydroxylation sites is 1. The van der Waals surface area contributed by atoms with Gasteiger partial charge in [-0.3, -0.25) is 4.99 Å². The van der Waals surface area contributed by atoms with Crippen LogP contribution in [0.4, 0.5) is 11.4 Å². The summed E-state index contributed by atoms with van der Waals surface area (Å²) in [6.45, 7) is 1.62. The van der Waals surface area contributed by atoms with Gasteiger partial charge < -0.3 is 10.2 Å². The zero-order valence-corrected chi connectivity index (χ0v) is 17.0. The molecule has 0 aliphatic carbocycles. The number of halogens is 1. The average Bonchev–Trinajstić information content (AvgIpc) is 3.06. The normalized spacial score (nSPS) is 17.4. The molecule has 0 bridgehead atoms. The first-order chi connectivity index (χ1) is 12.8. The highest BCUT2D eigenvalue weighted by molar-refractivity contribution is 9.10. The van der Waals surface area contributed by atoms with E-state index in [0.29, 0.717) is 0 Å². The van der Waals surface area contributed by atoms with Gasteiger partial charge in [0.2, 0.25) is 0 Å². The number of fused-ring (bicyclic) bond motifs is 3. The fraction of sp³-hybridized carbons (Fsp3) is 0.158. The van der Waals surface area contributed by atoms with Crippen LogP contribution in [0.3, 0.4) is 0 Å². The number of nitrogens with one attached hydrogen (secondary N) is 1. The van der Waals surface area contributed by atoms with Crippen molar-refractivity contribution in [1.29, 1.82) is 0 Å². The van der Waals surface area contributed by atoms with E-state index in [-0.39, 0.29) is 0 Å². The van der Waals surface area contributed by atoms with Crippen molar-refractivity contribution in [3.05, 3.63) is 69.2 Å². The SMILES string of the molecule is Brc1ccc2c(c1)CN1C(CSC3=NCc4ccccc4N3)=CSC1=N2. The van der Waals surface area contributed by atoms with Gasteiger partial charge in [0.15, 0.2) is 10.3 Å². The maximum absolute atomic E-state index is 4.80. The highest BCUT2D eigenvalue weighted by Gasteiger charge is 2.28. The van der Waals surface area contributed by atoms with Gasteiger partial charge in [-0.05, 0) is 40.8 Å². The molecule has 1 N–H and O–H groups in total. The third-order valence-electron chi connectivity index (χ3n) is 4.47. The molecule has 0 radical (unpaired) electrons. The summed E-state index contributed by atoms with van der Waals surface area (Å²) in [4.78, 5) is 11.8. The number of anilines is 1. The molecular formula is C19H15BrN4S2. The number of aliphatic imine (C=N–C) groups is 2. The van der Waals surface area contributed by atoms with Crippen LogP contribution >= 0.6 is 39.5 Å². The second-order valence-corrected chi connectivity index (χ2v) is 8.89. The molecule has 0 spiro atoms. The minimum absolute atomic E-state index is 0.747. The fourth-order valence-corrected chi connectivity index (χ4v) is 5.41. The molecular weight excluding hydrogens is 428 g/mol. The summed E-state index contributed by atoms with van der Waals surface area (Å²) >= 11 is 7.01. The monoisotopic (exact) mass is 442 g/mol. The third-order valence-corrected chi connectivity index (χ3v) is 6.82. The van der Waals surface area contributed by atoms with E-state index in [1.165, 1.54) is 22.5 Å². The lowest BCUT2D eigenvalue weighted by atomic mass is 10.1. The summed E-state index contributed by atoms with van der Waals surface area (Å²) in [6.07, 6.45) is 0. The summed E-state index contributed by atoms with van der Waals surface area (Å²) in [5, 5.41) is 7.71. The molecule has 5 rings (SSSR count). The Morgan fingerprint density at radius 2 is 2.12 bits per heavy atom. The summed E-state index contributed by atoms with van der Waals surface area (Å²) in [5.41, 5.74) is 6.03. The Hall–Kier alpha value is -1.70. The summed E-state index contributed by atoms with van der Waals surface area (Å²) in [7, 11) is 0. The molecule has 3 aliphatic heterocycles. The highest BCUT2D eigenvalue weighted by Crippen LogP contribution is 2.38. The number of amidine groups is 2. The molecule has 26 heavy (non-hydrogen) atoms. The number of thioether (sulfide) groups is 2. The molecule has 3 heterocycles. The van der Waals surface area contributed by atoms with Gasteiger partial charge in [0.25, 0.3) is 0 Å². The van der Waals surface area contributed by atoms with Crippen molar-refractivity contribution in [3.63, 3.8) is 0 Å². The third kappa shape index (κ3) is 3.08. The highest BCUT2D eigenvalue weighted by atomic mass is 79.9. The van der Waals surface area contributed by atoms with Gasteiger partial charge in [-0.25, -0.2) is 4.99 Å². The van der Waals surface area contributed by atoms with Crippen LogP contribution in [0, 0.1) is 0 Å². The van der Waals surface area contributed by atoms with Crippen LogP contribution in [0.5, 0.6) is 0 Å². The van der Waals surface area contributed by atoms with Crippen molar-refractivity contribution in [2.75, 3.05) is 11.1 Å². The van der Waals surface area contributed by atoms with Gasteiger partial charge in [0, 0.05) is 21.6 Å². The van der Waals surface area contributed by atoms with Gasteiger partial charge in [0.1, 0.15) is 0 Å². The summed E-state index contributed by atoms with van der Waals surface area (Å²) < 4.78 is 1.10. The van der Waals surface area contributed by atoms with Crippen molar-refractivity contribution in [3.8, 4) is 0 Å². The van der Waals surface area contributed by atoms with E-state index in [1.807, 2.05) is 6.07 Å². The molecule has 0 atom stereocenters. The molecule has 4 nitrogen and oxygen atoms in total. The van der Waals surface area contributed by atoms with Gasteiger partial charge in [-0.1, -0.05) is 57.7 Å². The lowest BCUT2D eigenvalue weighted by Gasteiger charge is -2.27. The van der Waals surface area contributed by atoms with E-state index in [0.717, 1.165) is 39.3 Å². The molecule has 7 heteroatoms. The first-order valence-electron chi connectivity index (χ1n) is 8.29. The standard InChI is InChI=1S/C19H15BrN4S2/c20-14-5-6-17-13(7-14)9-24-15(11-26-19(24)23-17)10-25-18-21-8-12-3-1-2-4-16(12)22-18/h1-7,11H,8-10H2,(H,21,22). The lowest BCUT2D eigenvalue weighted by Crippen LogP contribution is -2.28. The molecule has 0 aromatic heterocycles. The molecule has 2 aromatic rings. The lowest BCUT2D eigenvalue weighted by molar-refractivity contribution is 0.519. The van der Waals surface area contributed by atoms with Crippen molar-refractivity contribution in [1.82, 2.24) is 4.90 Å². The number of rotatable bonds is 2. The Kier molecular flexibility index (Phi) is 4.30. The second kappa shape index (κ2) is 6.79. The Morgan fingerprint density at radius 3 is 3.08 bits per heavy atom. The Morgan fingerprint density at radius 1 is 1.19 bits per heavy atom. The summed E-state index contributed by atoms with van der Waals surface area (Å²) in [5.74, 6) is 0.878. The van der Waals surface area contributed by atoms with Crippen LogP contribution in [0.15, 0.2) is 68.0 Å². The van der Waals surface area contributed by atoms with E-state index in [9.17, 15) is 0 Å². The predicted octanol–water partition coefficient (Wildman–Crippen LogP) is 5.56. The quantitative estimate of drug-likeness (QED) is 0.660. The van der Waals surface area contributed by atoms with E-state index in [1.54, 1.807) is 23.5 Å². The number of hydrogen-bond donors (Lipinski definition) is 1. The first-order valence-corrected chi connectivity index (χ1v) is 10.9. The van der Waals surface area contributed by atoms with Gasteiger partial charge in [-0.2, -0.15) is 0 Å². The Bertz CT molecular complexity index is 983. The minimum Gasteiger partial charge on any atom is -0.335 e. The van der Waals surface area contributed by atoms with Gasteiger partial charge in [0.05, 0.1) is 18.8 Å². The number of nitrogens with zero attached hydrogens (tertiary/aromatic N) is 3. The van der Waals surface area contributed by atoms with E-state index < -0.39 is 0 Å². The predicted molar refractivity (Wildman–Crippen MR) is 116 cm³/mol. The second-order valence-electron chi connectivity index (χ2n) is 6.17. The van der Waals surface area contributed by atoms with Crippen molar-refractivity contribution in [2.45, 2.75) is 13.1 Å². The molecule has 0 fully saturated rings. The van der Waals surface area contributed by atoms with E-state index >= 15 is 0 Å². The first kappa shape index (κ1) is 16.5. The van der Waals surface area contributed by atoms with Crippen molar-refractivity contribution in [2.24, 2.45) is 9.98 Å². The largest absolute Gasteiger partial charge is 0.335 e. The Balaban J connectivity index is 1.28. The molecule has 0 saturated carbocycles. The molecule has 3 aliphatic rings. The smallest absolute Gasteiger partial charge is 0.173 e. The molecule has 2 aromatic carbocycles. The minimum atomic E-state index is 0.747. The van der Waals surface area contributed by atoms with Crippen LogP contribution in [0.2, 0.25) is 0 Å². The van der Waals surface area contributed by atoms with Crippen molar-refractivity contribution >= 4 is 61.2 Å². The average molecular weight is 443 g/mol. The molecule has 0 saturated heterocycles. The van der Waals surface area contributed by atoms with E-state index in [2.05, 4.69) is 72.9 Å². The molecule has 0 amide bonds. The Labute approximate surface area is 169 Å². The zero-order chi connectivity index (χ0) is 17.5. The maximum atomic E-state index is 4.80. The van der Waals surface area contributed by atoms with Gasteiger partial charge in [-0.15, -0.1) is 0 Å². The van der Waals surface area contributed by atoms with Crippen LogP contribution in [0.1, 0.15) is 11.1 Å². The zero-order valence-electron chi connectivity index (χ0n) is 13.8. The number of hydrogen-bond acceptors (Lipinski definition) is 6. The topological polar surface area (TPSA) is 40.0 Å². The molecule has 130 valence electrons. The fourth-order valence-electron chi connectivity index (χ4n) is 3.12. The van der Waals surface area contributed by atoms with E-state index in [4.69, 9.17) is 4.99 Å². The van der Waals surface area contributed by atoms with Crippen LogP contribution in [-0.4, -0.2) is 21.0 Å². The van der Waals surface area contributed by atoms with Crippen LogP contribution in [0.25, 0.3) is 0 Å². The number of benzene rings is 2.